The summed E-state index contributed by atoms with van der Waals surface area (Å²) in [5.74, 6) is 0.741. The monoisotopic (exact) mass is 420 g/mol. The molecule has 1 N–H and O–H groups in total. The molecule has 1 aromatic carbocycles. The molecule has 1 fully saturated rings. The van der Waals surface area contributed by atoms with E-state index in [-0.39, 0.29) is 23.0 Å². The van der Waals surface area contributed by atoms with Gasteiger partial charge in [-0.2, -0.15) is 4.31 Å². The predicted molar refractivity (Wildman–Crippen MR) is 106 cm³/mol. The van der Waals surface area contributed by atoms with E-state index in [1.807, 2.05) is 0 Å². The lowest BCUT2D eigenvalue weighted by molar-refractivity contribution is -0.116. The van der Waals surface area contributed by atoms with Crippen LogP contribution < -0.4 is 5.32 Å². The number of benzene rings is 1. The van der Waals surface area contributed by atoms with E-state index in [0.717, 1.165) is 0 Å². The van der Waals surface area contributed by atoms with Crippen LogP contribution in [0.3, 0.4) is 0 Å². The Morgan fingerprint density at radius 2 is 1.90 bits per heavy atom. The SMILES string of the molecule is CC(=O)c1cc(CCC(=O)Nc2cccc(S(=O)(=O)N3CCOCC3)c2)oc1C. The van der Waals surface area contributed by atoms with Gasteiger partial charge in [0.15, 0.2) is 5.78 Å². The minimum atomic E-state index is -3.63. The predicted octanol–water partition coefficient (Wildman–Crippen LogP) is 2.38. The normalized spacial score (nSPS) is 15.2. The summed E-state index contributed by atoms with van der Waals surface area (Å²) in [6, 6.07) is 7.85. The van der Waals surface area contributed by atoms with Crippen LogP contribution >= 0.6 is 0 Å². The van der Waals surface area contributed by atoms with Gasteiger partial charge < -0.3 is 14.5 Å². The zero-order valence-electron chi connectivity index (χ0n) is 16.4. The first-order valence-electron chi connectivity index (χ1n) is 9.35. The summed E-state index contributed by atoms with van der Waals surface area (Å²) in [7, 11) is -3.63. The van der Waals surface area contributed by atoms with Crippen LogP contribution in [-0.2, 0) is 26.0 Å². The van der Waals surface area contributed by atoms with Crippen molar-refractivity contribution in [3.8, 4) is 0 Å². The summed E-state index contributed by atoms with van der Waals surface area (Å²) < 4.78 is 37.6. The molecule has 8 nitrogen and oxygen atoms in total. The van der Waals surface area contributed by atoms with Crippen LogP contribution in [0.1, 0.15) is 35.2 Å². The van der Waals surface area contributed by atoms with E-state index in [0.29, 0.717) is 55.5 Å². The van der Waals surface area contributed by atoms with Crippen LogP contribution in [-0.4, -0.2) is 50.7 Å². The fourth-order valence-electron chi connectivity index (χ4n) is 3.15. The maximum atomic E-state index is 12.7. The van der Waals surface area contributed by atoms with Crippen LogP contribution in [0.2, 0.25) is 0 Å². The number of sulfonamides is 1. The van der Waals surface area contributed by atoms with Crippen LogP contribution in [0.15, 0.2) is 39.6 Å². The molecule has 1 amide bonds. The van der Waals surface area contributed by atoms with Gasteiger partial charge >= 0.3 is 0 Å². The van der Waals surface area contributed by atoms with E-state index >= 15 is 0 Å². The molecule has 0 atom stereocenters. The van der Waals surface area contributed by atoms with Crippen molar-refractivity contribution in [2.75, 3.05) is 31.6 Å². The molecule has 1 aliphatic heterocycles. The number of ether oxygens (including phenoxy) is 1. The van der Waals surface area contributed by atoms with Crippen molar-refractivity contribution in [1.82, 2.24) is 4.31 Å². The molecule has 0 spiro atoms. The zero-order valence-corrected chi connectivity index (χ0v) is 17.3. The number of anilines is 1. The Labute approximate surface area is 169 Å². The quantitative estimate of drug-likeness (QED) is 0.690. The molecule has 9 heteroatoms. The molecule has 0 bridgehead atoms. The molecule has 0 aliphatic carbocycles. The maximum Gasteiger partial charge on any atom is 0.243 e. The molecule has 1 aromatic heterocycles. The van der Waals surface area contributed by atoms with Gasteiger partial charge in [0.25, 0.3) is 0 Å². The number of Topliss-reactive ketones (excluding diaryl/α,β-unsaturated/α-hetero) is 1. The van der Waals surface area contributed by atoms with Crippen LogP contribution in [0, 0.1) is 6.92 Å². The largest absolute Gasteiger partial charge is 0.466 e. The van der Waals surface area contributed by atoms with Crippen molar-refractivity contribution in [1.29, 1.82) is 0 Å². The maximum absolute atomic E-state index is 12.7. The van der Waals surface area contributed by atoms with E-state index in [4.69, 9.17) is 9.15 Å². The molecule has 1 saturated heterocycles. The first-order chi connectivity index (χ1) is 13.8. The number of nitrogens with one attached hydrogen (secondary N) is 1. The fraction of sp³-hybridized carbons (Fsp3) is 0.400. The number of carbonyl (C=O) groups is 2. The Morgan fingerprint density at radius 3 is 2.55 bits per heavy atom. The lowest BCUT2D eigenvalue weighted by Crippen LogP contribution is -2.40. The number of morpholine rings is 1. The number of carbonyl (C=O) groups excluding carboxylic acids is 2. The van der Waals surface area contributed by atoms with E-state index in [2.05, 4.69) is 5.32 Å². The highest BCUT2D eigenvalue weighted by Gasteiger charge is 2.26. The summed E-state index contributed by atoms with van der Waals surface area (Å²) >= 11 is 0. The first-order valence-corrected chi connectivity index (χ1v) is 10.8. The van der Waals surface area contributed by atoms with Gasteiger partial charge in [-0.25, -0.2) is 8.42 Å². The minimum Gasteiger partial charge on any atom is -0.466 e. The third-order valence-corrected chi connectivity index (χ3v) is 6.57. The van der Waals surface area contributed by atoms with Crippen molar-refractivity contribution in [2.45, 2.75) is 31.6 Å². The summed E-state index contributed by atoms with van der Waals surface area (Å²) in [6.45, 7) is 4.53. The summed E-state index contributed by atoms with van der Waals surface area (Å²) in [5, 5.41) is 2.72. The molecule has 3 rings (SSSR count). The van der Waals surface area contributed by atoms with Gasteiger partial charge in [-0.15, -0.1) is 0 Å². The Hall–Kier alpha value is -2.49. The molecule has 1 aliphatic rings. The second-order valence-electron chi connectivity index (χ2n) is 6.83. The van der Waals surface area contributed by atoms with Gasteiger partial charge in [0.05, 0.1) is 23.7 Å². The van der Waals surface area contributed by atoms with Crippen molar-refractivity contribution in [2.24, 2.45) is 0 Å². The smallest absolute Gasteiger partial charge is 0.243 e. The molecular formula is C20H24N2O6S. The van der Waals surface area contributed by atoms with E-state index < -0.39 is 10.0 Å². The topological polar surface area (TPSA) is 106 Å². The molecule has 0 unspecified atom stereocenters. The molecule has 0 saturated carbocycles. The number of ketones is 1. The van der Waals surface area contributed by atoms with Gasteiger partial charge in [-0.1, -0.05) is 6.07 Å². The van der Waals surface area contributed by atoms with Gasteiger partial charge in [0.2, 0.25) is 15.9 Å². The van der Waals surface area contributed by atoms with Gasteiger partial charge in [-0.05, 0) is 38.1 Å². The Kier molecular flexibility index (Phi) is 6.51. The average Bonchev–Trinajstić information content (AvgIpc) is 3.08. The number of furan rings is 1. The van der Waals surface area contributed by atoms with Gasteiger partial charge in [0.1, 0.15) is 11.5 Å². The number of aryl methyl sites for hydroxylation is 2. The fourth-order valence-corrected chi connectivity index (χ4v) is 4.60. The van der Waals surface area contributed by atoms with Crippen LogP contribution in [0.5, 0.6) is 0 Å². The summed E-state index contributed by atoms with van der Waals surface area (Å²) in [6.07, 6.45) is 0.483. The zero-order chi connectivity index (χ0) is 21.0. The standard InChI is InChI=1S/C20H24N2O6S/c1-14(23)19-13-17(28-15(19)2)6-7-20(24)21-16-4-3-5-18(12-16)29(25,26)22-8-10-27-11-9-22/h3-5,12-13H,6-11H2,1-2H3,(H,21,24). The van der Waals surface area contributed by atoms with Crippen molar-refractivity contribution in [3.63, 3.8) is 0 Å². The van der Waals surface area contributed by atoms with Gasteiger partial charge in [-0.3, -0.25) is 9.59 Å². The van der Waals surface area contributed by atoms with Crippen molar-refractivity contribution >= 4 is 27.4 Å². The molecular weight excluding hydrogens is 396 g/mol. The molecule has 2 heterocycles. The number of rotatable bonds is 7. The van der Waals surface area contributed by atoms with Crippen molar-refractivity contribution in [3.05, 3.63) is 47.4 Å². The summed E-state index contributed by atoms with van der Waals surface area (Å²) in [4.78, 5) is 23.9. The highest BCUT2D eigenvalue weighted by molar-refractivity contribution is 7.89. The highest BCUT2D eigenvalue weighted by Crippen LogP contribution is 2.21. The average molecular weight is 420 g/mol. The number of hydrogen-bond acceptors (Lipinski definition) is 6. The molecule has 2 aromatic rings. The third-order valence-electron chi connectivity index (χ3n) is 4.67. The van der Waals surface area contributed by atoms with Crippen LogP contribution in [0.4, 0.5) is 5.69 Å². The number of nitrogens with zero attached hydrogens (tertiary/aromatic N) is 1. The summed E-state index contributed by atoms with van der Waals surface area (Å²) in [5.41, 5.74) is 0.922. The minimum absolute atomic E-state index is 0.0831. The Balaban J connectivity index is 1.63. The molecule has 29 heavy (non-hydrogen) atoms. The lowest BCUT2D eigenvalue weighted by atomic mass is 10.1. The Morgan fingerprint density at radius 1 is 1.17 bits per heavy atom. The van der Waals surface area contributed by atoms with E-state index in [1.54, 1.807) is 25.1 Å². The van der Waals surface area contributed by atoms with Crippen molar-refractivity contribution < 1.29 is 27.2 Å². The third kappa shape index (κ3) is 5.11. The molecule has 156 valence electrons. The second-order valence-corrected chi connectivity index (χ2v) is 8.77. The first kappa shape index (κ1) is 21.2. The molecule has 0 radical (unpaired) electrons. The van der Waals surface area contributed by atoms with E-state index in [9.17, 15) is 18.0 Å². The number of hydrogen-bond donors (Lipinski definition) is 1. The highest BCUT2D eigenvalue weighted by atomic mass is 32.2. The second kappa shape index (κ2) is 8.89. The van der Waals surface area contributed by atoms with Gasteiger partial charge in [0, 0.05) is 31.6 Å². The van der Waals surface area contributed by atoms with E-state index in [1.165, 1.54) is 23.4 Å². The Bertz CT molecular complexity index is 1010. The number of amides is 1. The van der Waals surface area contributed by atoms with Crippen LogP contribution in [0.25, 0.3) is 0 Å². The lowest BCUT2D eigenvalue weighted by Gasteiger charge is -2.26.